The maximum atomic E-state index is 13.6. The third kappa shape index (κ3) is 13.2. The van der Waals surface area contributed by atoms with Gasteiger partial charge in [-0.2, -0.15) is 10.4 Å². The quantitative estimate of drug-likeness (QED) is 0.0141. The van der Waals surface area contributed by atoms with E-state index in [0.717, 1.165) is 22.3 Å². The molecule has 0 spiro atoms. The molecule has 1 aliphatic heterocycles. The number of amides is 1. The number of nitrogens with one attached hydrogen (secondary N) is 1. The number of hydrogen-bond donors (Lipinski definition) is 2. The Kier molecular flexibility index (Phi) is 19.2. The molecular formula is C52H61ClN7O9P. The first-order valence-electron chi connectivity index (χ1n) is 23.1. The first-order chi connectivity index (χ1) is 33.7. The first-order valence-corrected chi connectivity index (χ1v) is 24.6. The molecule has 0 aliphatic carbocycles. The minimum atomic E-state index is -1.68. The molecule has 370 valence electrons. The monoisotopic (exact) mass is 993 g/mol. The van der Waals surface area contributed by atoms with E-state index in [1.54, 1.807) is 14.2 Å². The molecule has 0 saturated carbocycles. The maximum absolute atomic E-state index is 13.6. The topological polar surface area (TPSA) is 194 Å². The second kappa shape index (κ2) is 25.2. The lowest BCUT2D eigenvalue weighted by Gasteiger charge is -2.42. The predicted molar refractivity (Wildman–Crippen MR) is 270 cm³/mol. The molecular weight excluding hydrogens is 933 g/mol. The summed E-state index contributed by atoms with van der Waals surface area (Å²) in [5.74, 6) is 1.35. The van der Waals surface area contributed by atoms with Crippen LogP contribution in [0, 0.1) is 21.4 Å². The van der Waals surface area contributed by atoms with Crippen molar-refractivity contribution in [1.29, 1.82) is 5.26 Å². The zero-order valence-corrected chi connectivity index (χ0v) is 42.0. The number of nitro benzene ring substituents is 1. The summed E-state index contributed by atoms with van der Waals surface area (Å²) in [6.45, 7) is 9.54. The third-order valence-electron chi connectivity index (χ3n) is 12.1. The molecule has 0 aromatic heterocycles. The van der Waals surface area contributed by atoms with E-state index in [-0.39, 0.29) is 49.0 Å². The van der Waals surface area contributed by atoms with Crippen LogP contribution in [0.5, 0.6) is 11.5 Å². The fourth-order valence-corrected chi connectivity index (χ4v) is 10.7. The largest absolute Gasteiger partial charge is 0.497 e. The molecule has 18 heteroatoms. The summed E-state index contributed by atoms with van der Waals surface area (Å²) in [4.78, 5) is 25.7. The Hall–Kier alpha value is -6.02. The van der Waals surface area contributed by atoms with E-state index in [0.29, 0.717) is 55.2 Å². The lowest BCUT2D eigenvalue weighted by atomic mass is 9.79. The van der Waals surface area contributed by atoms with E-state index < -0.39 is 36.8 Å². The van der Waals surface area contributed by atoms with Gasteiger partial charge in [-0.1, -0.05) is 78.3 Å². The van der Waals surface area contributed by atoms with Crippen molar-refractivity contribution in [3.63, 3.8) is 0 Å². The number of nitrogens with zero attached hydrogens (tertiary/aromatic N) is 6. The minimum absolute atomic E-state index is 0.0137. The van der Waals surface area contributed by atoms with Gasteiger partial charge in [0.25, 0.3) is 14.2 Å². The van der Waals surface area contributed by atoms with Gasteiger partial charge in [0.1, 0.15) is 22.8 Å². The van der Waals surface area contributed by atoms with Crippen LogP contribution < -0.4 is 14.8 Å². The average Bonchev–Trinajstić information content (AvgIpc) is 3.72. The normalized spacial score (nSPS) is 16.5. The Labute approximate surface area is 416 Å². The molecule has 5 aromatic carbocycles. The lowest BCUT2D eigenvalue weighted by Crippen LogP contribution is -2.53. The van der Waals surface area contributed by atoms with Crippen molar-refractivity contribution in [3.05, 3.63) is 159 Å². The molecule has 1 fully saturated rings. The summed E-state index contributed by atoms with van der Waals surface area (Å²) in [6.07, 6.45) is -0.114. The molecule has 1 heterocycles. The Morgan fingerprint density at radius 3 is 2.09 bits per heavy atom. The van der Waals surface area contributed by atoms with Crippen LogP contribution in [0.2, 0.25) is 5.02 Å². The van der Waals surface area contributed by atoms with Crippen molar-refractivity contribution in [2.75, 3.05) is 47.1 Å². The standard InChI is InChI=1S/C52H61ClN7O9P/c1-37(2)59(38(3)4)70(68-32-10-29-54)69-47-34-51(58(35-47)50(61)62,28-31-55-30-27-39-13-19-43(20-14-39)56-57-49-26-21-44(60(63)64)33-48(49)53)36-67-52(40-11-8-7-9-12-40,41-15-22-45(65-5)23-16-41)42-17-24-46(66-6)25-18-42/h7-9,11-26,33,37-38,47,55H,10,27-28,30-32,34-36H2,1-6H3,(H,61,62)/t47-,51+,70?/m1/s1. The van der Waals surface area contributed by atoms with Gasteiger partial charge in [-0.25, -0.2) is 9.46 Å². The molecule has 2 N–H and O–H groups in total. The highest BCUT2D eigenvalue weighted by molar-refractivity contribution is 7.44. The Morgan fingerprint density at radius 2 is 1.54 bits per heavy atom. The van der Waals surface area contributed by atoms with Crippen LogP contribution in [0.15, 0.2) is 132 Å². The van der Waals surface area contributed by atoms with Crippen molar-refractivity contribution in [2.24, 2.45) is 10.2 Å². The summed E-state index contributed by atoms with van der Waals surface area (Å²) >= 11 is 6.20. The van der Waals surface area contributed by atoms with Gasteiger partial charge >= 0.3 is 6.09 Å². The second-order valence-electron chi connectivity index (χ2n) is 17.4. The Morgan fingerprint density at radius 1 is 0.929 bits per heavy atom. The summed E-state index contributed by atoms with van der Waals surface area (Å²) in [7, 11) is 1.56. The highest BCUT2D eigenvalue weighted by Gasteiger charge is 2.52. The number of likely N-dealkylation sites (tertiary alicyclic amines) is 1. The number of rotatable bonds is 25. The van der Waals surface area contributed by atoms with Crippen molar-refractivity contribution >= 4 is 43.3 Å². The van der Waals surface area contributed by atoms with Gasteiger partial charge < -0.3 is 33.7 Å². The molecule has 5 aromatic rings. The van der Waals surface area contributed by atoms with Gasteiger partial charge in [0.2, 0.25) is 0 Å². The highest BCUT2D eigenvalue weighted by atomic mass is 35.5. The fraction of sp³-hybridized carbons (Fsp3) is 0.385. The van der Waals surface area contributed by atoms with Gasteiger partial charge in [-0.3, -0.25) is 15.0 Å². The molecule has 70 heavy (non-hydrogen) atoms. The van der Waals surface area contributed by atoms with Crippen LogP contribution >= 0.6 is 20.1 Å². The molecule has 6 rings (SSSR count). The van der Waals surface area contributed by atoms with E-state index in [1.165, 1.54) is 23.1 Å². The Balaban J connectivity index is 1.30. The number of halogens is 1. The van der Waals surface area contributed by atoms with Crippen molar-refractivity contribution in [3.8, 4) is 17.6 Å². The van der Waals surface area contributed by atoms with Crippen LogP contribution in [-0.2, 0) is 25.8 Å². The summed E-state index contributed by atoms with van der Waals surface area (Å²) in [5, 5.41) is 43.7. The van der Waals surface area contributed by atoms with Gasteiger partial charge in [0, 0.05) is 30.6 Å². The SMILES string of the molecule is COc1ccc(C(OC[C@]2(CCNCCc3ccc(N=Nc4ccc([N+](=O)[O-])cc4Cl)cc3)C[C@@H](OP(OCCC#N)N(C(C)C)C(C)C)CN2C(=O)O)(c2ccccc2)c2ccc(OC)cc2)cc1. The summed E-state index contributed by atoms with van der Waals surface area (Å²) in [5.41, 5.74) is 1.96. The lowest BCUT2D eigenvalue weighted by molar-refractivity contribution is -0.384. The number of nitriles is 1. The molecule has 1 saturated heterocycles. The molecule has 16 nitrogen and oxygen atoms in total. The Bertz CT molecular complexity index is 2490. The number of ether oxygens (including phenoxy) is 3. The van der Waals surface area contributed by atoms with Crippen LogP contribution in [0.25, 0.3) is 0 Å². The molecule has 1 amide bonds. The number of carbonyl (C=O) groups is 1. The van der Waals surface area contributed by atoms with Crippen molar-refractivity contribution in [2.45, 2.75) is 82.7 Å². The fourth-order valence-electron chi connectivity index (χ4n) is 8.74. The number of azo groups is 1. The van der Waals surface area contributed by atoms with Gasteiger partial charge in [-0.15, -0.1) is 5.11 Å². The van der Waals surface area contributed by atoms with Crippen molar-refractivity contribution < 1.29 is 38.1 Å². The zero-order valence-electron chi connectivity index (χ0n) is 40.4. The summed E-state index contributed by atoms with van der Waals surface area (Å²) < 4.78 is 33.9. The van der Waals surface area contributed by atoms with Crippen LogP contribution in [0.4, 0.5) is 21.9 Å². The average molecular weight is 995 g/mol. The van der Waals surface area contributed by atoms with Gasteiger partial charge in [0.15, 0.2) is 0 Å². The van der Waals surface area contributed by atoms with E-state index in [4.69, 9.17) is 34.9 Å². The molecule has 1 aliphatic rings. The second-order valence-corrected chi connectivity index (χ2v) is 19.2. The van der Waals surface area contributed by atoms with E-state index in [9.17, 15) is 25.3 Å². The number of benzene rings is 5. The number of methoxy groups -OCH3 is 2. The first kappa shape index (κ1) is 53.3. The predicted octanol–water partition coefficient (Wildman–Crippen LogP) is 12.0. The smallest absolute Gasteiger partial charge is 0.407 e. The number of nitro groups is 1. The van der Waals surface area contributed by atoms with Crippen molar-refractivity contribution in [1.82, 2.24) is 14.9 Å². The zero-order chi connectivity index (χ0) is 50.3. The van der Waals surface area contributed by atoms with Gasteiger partial charge in [0.05, 0.1) is 73.7 Å². The van der Waals surface area contributed by atoms with Gasteiger partial charge in [-0.05, 0) is 118 Å². The molecule has 0 radical (unpaired) electrons. The molecule has 3 atom stereocenters. The van der Waals surface area contributed by atoms with E-state index in [2.05, 4.69) is 54.0 Å². The highest BCUT2D eigenvalue weighted by Crippen LogP contribution is 2.51. The van der Waals surface area contributed by atoms with Crippen LogP contribution in [0.3, 0.4) is 0 Å². The van der Waals surface area contributed by atoms with Crippen LogP contribution in [-0.4, -0.2) is 96.5 Å². The number of hydrogen-bond acceptors (Lipinski definition) is 13. The van der Waals surface area contributed by atoms with E-state index >= 15 is 0 Å². The maximum Gasteiger partial charge on any atom is 0.407 e. The number of carboxylic acid groups (broad SMARTS) is 1. The molecule has 1 unspecified atom stereocenters. The van der Waals surface area contributed by atoms with E-state index in [1.807, 2.05) is 103 Å². The summed E-state index contributed by atoms with van der Waals surface area (Å²) in [6, 6.07) is 39.2. The third-order valence-corrected chi connectivity index (χ3v) is 14.6. The van der Waals surface area contributed by atoms with Crippen LogP contribution in [0.1, 0.15) is 69.2 Å². The molecule has 0 bridgehead atoms. The minimum Gasteiger partial charge on any atom is -0.497 e. The number of non-ortho nitro benzene ring substituents is 1.